The predicted octanol–water partition coefficient (Wildman–Crippen LogP) is 0.000900. The summed E-state index contributed by atoms with van der Waals surface area (Å²) in [4.78, 5) is 11.2. The highest BCUT2D eigenvalue weighted by molar-refractivity contribution is 5.76. The van der Waals surface area contributed by atoms with Crippen LogP contribution in [0.2, 0.25) is 0 Å². The molecule has 0 rings (SSSR count). The van der Waals surface area contributed by atoms with Crippen LogP contribution in [-0.2, 0) is 4.79 Å². The molecule has 1 atom stereocenters. The highest BCUT2D eigenvalue weighted by atomic mass is 16.3. The van der Waals surface area contributed by atoms with E-state index >= 15 is 0 Å². The van der Waals surface area contributed by atoms with Gasteiger partial charge in [-0.15, -0.1) is 0 Å². The molecule has 0 aliphatic carbocycles. The molecule has 4 N–H and O–H groups in total. The molecule has 4 heteroatoms. The van der Waals surface area contributed by atoms with Gasteiger partial charge in [-0.3, -0.25) is 4.79 Å². The van der Waals surface area contributed by atoms with Gasteiger partial charge in [-0.2, -0.15) is 0 Å². The topological polar surface area (TPSA) is 75.3 Å². The maximum Gasteiger partial charge on any atom is 0.221 e. The highest BCUT2D eigenvalue weighted by Crippen LogP contribution is 2.02. The molecule has 4 nitrogen and oxygen atoms in total. The summed E-state index contributed by atoms with van der Waals surface area (Å²) in [7, 11) is 0. The summed E-state index contributed by atoms with van der Waals surface area (Å²) in [5, 5.41) is 11.6. The number of hydrogen-bond acceptors (Lipinski definition) is 3. The van der Waals surface area contributed by atoms with Crippen molar-refractivity contribution in [2.45, 2.75) is 45.3 Å². The zero-order chi connectivity index (χ0) is 10.5. The van der Waals surface area contributed by atoms with E-state index in [1.807, 2.05) is 0 Å². The minimum atomic E-state index is -0.463. The van der Waals surface area contributed by atoms with E-state index in [0.717, 1.165) is 0 Å². The van der Waals surface area contributed by atoms with E-state index in [4.69, 9.17) is 10.8 Å². The Balaban J connectivity index is 3.53. The van der Waals surface area contributed by atoms with Crippen molar-refractivity contribution >= 4 is 5.91 Å². The van der Waals surface area contributed by atoms with Crippen molar-refractivity contribution in [1.29, 1.82) is 0 Å². The predicted molar refractivity (Wildman–Crippen MR) is 52.2 cm³/mol. The normalized spacial score (nSPS) is 13.9. The SMILES string of the molecule is CC(O)CCNC(=O)CC(C)(C)N. The van der Waals surface area contributed by atoms with Gasteiger partial charge < -0.3 is 16.2 Å². The van der Waals surface area contributed by atoms with Crippen molar-refractivity contribution < 1.29 is 9.90 Å². The third-order valence-electron chi connectivity index (χ3n) is 1.50. The first-order chi connectivity index (χ1) is 5.81. The molecule has 0 heterocycles. The number of nitrogens with two attached hydrogens (primary N) is 1. The first-order valence-corrected chi connectivity index (χ1v) is 4.55. The fraction of sp³-hybridized carbons (Fsp3) is 0.889. The Bertz CT molecular complexity index is 161. The Kier molecular flexibility index (Phi) is 4.95. The molecule has 0 saturated heterocycles. The van der Waals surface area contributed by atoms with Crippen LogP contribution >= 0.6 is 0 Å². The first-order valence-electron chi connectivity index (χ1n) is 4.55. The Morgan fingerprint density at radius 2 is 2.15 bits per heavy atom. The van der Waals surface area contributed by atoms with Crippen LogP contribution in [0, 0.1) is 0 Å². The number of rotatable bonds is 5. The molecular formula is C9H20N2O2. The molecule has 13 heavy (non-hydrogen) atoms. The van der Waals surface area contributed by atoms with Crippen molar-refractivity contribution in [2.75, 3.05) is 6.54 Å². The zero-order valence-electron chi connectivity index (χ0n) is 8.63. The lowest BCUT2D eigenvalue weighted by Gasteiger charge is -2.17. The highest BCUT2D eigenvalue weighted by Gasteiger charge is 2.15. The summed E-state index contributed by atoms with van der Waals surface area (Å²) in [5.41, 5.74) is 5.19. The fourth-order valence-corrected chi connectivity index (χ4v) is 0.897. The van der Waals surface area contributed by atoms with Crippen LogP contribution in [0.4, 0.5) is 0 Å². The fourth-order valence-electron chi connectivity index (χ4n) is 0.897. The molecular weight excluding hydrogens is 168 g/mol. The van der Waals surface area contributed by atoms with Crippen LogP contribution in [0.1, 0.15) is 33.6 Å². The van der Waals surface area contributed by atoms with E-state index in [-0.39, 0.29) is 12.0 Å². The van der Waals surface area contributed by atoms with E-state index in [1.165, 1.54) is 0 Å². The molecule has 0 aromatic heterocycles. The summed E-state index contributed by atoms with van der Waals surface area (Å²) in [5.74, 6) is -0.0619. The average Bonchev–Trinajstić information content (AvgIpc) is 1.81. The summed E-state index contributed by atoms with van der Waals surface area (Å²) < 4.78 is 0. The minimum Gasteiger partial charge on any atom is -0.393 e. The van der Waals surface area contributed by atoms with Crippen molar-refractivity contribution in [2.24, 2.45) is 5.73 Å². The van der Waals surface area contributed by atoms with Gasteiger partial charge in [0.15, 0.2) is 0 Å². The maximum atomic E-state index is 11.2. The molecule has 1 unspecified atom stereocenters. The van der Waals surface area contributed by atoms with Crippen LogP contribution in [-0.4, -0.2) is 29.2 Å². The summed E-state index contributed by atoms with van der Waals surface area (Å²) in [6.07, 6.45) is 0.523. The largest absolute Gasteiger partial charge is 0.393 e. The Morgan fingerprint density at radius 3 is 2.54 bits per heavy atom. The Morgan fingerprint density at radius 1 is 1.62 bits per heavy atom. The number of carbonyl (C=O) groups excluding carboxylic acids is 1. The van der Waals surface area contributed by atoms with Crippen molar-refractivity contribution in [3.05, 3.63) is 0 Å². The smallest absolute Gasteiger partial charge is 0.221 e. The van der Waals surface area contributed by atoms with Crippen molar-refractivity contribution in [3.63, 3.8) is 0 Å². The lowest BCUT2D eigenvalue weighted by atomic mass is 10.0. The van der Waals surface area contributed by atoms with Crippen molar-refractivity contribution in [3.8, 4) is 0 Å². The lowest BCUT2D eigenvalue weighted by molar-refractivity contribution is -0.122. The van der Waals surface area contributed by atoms with Gasteiger partial charge in [0.1, 0.15) is 0 Å². The van der Waals surface area contributed by atoms with Crippen LogP contribution in [0.3, 0.4) is 0 Å². The Hall–Kier alpha value is -0.610. The molecule has 0 aliphatic rings. The second-order valence-corrected chi connectivity index (χ2v) is 4.15. The number of carbonyl (C=O) groups is 1. The van der Waals surface area contributed by atoms with Crippen LogP contribution < -0.4 is 11.1 Å². The number of aliphatic hydroxyl groups is 1. The van der Waals surface area contributed by atoms with E-state index < -0.39 is 5.54 Å². The zero-order valence-corrected chi connectivity index (χ0v) is 8.63. The Labute approximate surface area is 79.5 Å². The van der Waals surface area contributed by atoms with Crippen molar-refractivity contribution in [1.82, 2.24) is 5.32 Å². The molecule has 0 aliphatic heterocycles. The molecule has 0 radical (unpaired) electrons. The number of hydrogen-bond donors (Lipinski definition) is 3. The molecule has 78 valence electrons. The summed E-state index contributed by atoms with van der Waals surface area (Å²) in [6, 6.07) is 0. The molecule has 0 saturated carbocycles. The average molecular weight is 188 g/mol. The van der Waals surface area contributed by atoms with E-state index in [1.54, 1.807) is 20.8 Å². The van der Waals surface area contributed by atoms with Gasteiger partial charge in [0.2, 0.25) is 5.91 Å². The molecule has 0 bridgehead atoms. The standard InChI is InChI=1S/C9H20N2O2/c1-7(12)4-5-11-8(13)6-9(2,3)10/h7,12H,4-6,10H2,1-3H3,(H,11,13). The second kappa shape index (κ2) is 5.19. The third kappa shape index (κ3) is 9.30. The number of aliphatic hydroxyl groups excluding tert-OH is 1. The monoisotopic (exact) mass is 188 g/mol. The number of nitrogens with one attached hydrogen (secondary N) is 1. The van der Waals surface area contributed by atoms with Crippen LogP contribution in [0.5, 0.6) is 0 Å². The van der Waals surface area contributed by atoms with Gasteiger partial charge in [-0.1, -0.05) is 0 Å². The van der Waals surface area contributed by atoms with Gasteiger partial charge in [0, 0.05) is 18.5 Å². The molecule has 0 spiro atoms. The number of amides is 1. The molecule has 1 amide bonds. The van der Waals surface area contributed by atoms with E-state index in [0.29, 0.717) is 19.4 Å². The van der Waals surface area contributed by atoms with E-state index in [2.05, 4.69) is 5.32 Å². The van der Waals surface area contributed by atoms with Gasteiger partial charge in [-0.05, 0) is 27.2 Å². The van der Waals surface area contributed by atoms with Crippen LogP contribution in [0.15, 0.2) is 0 Å². The lowest BCUT2D eigenvalue weighted by Crippen LogP contribution is -2.39. The molecule has 0 aromatic carbocycles. The first kappa shape index (κ1) is 12.4. The van der Waals surface area contributed by atoms with Gasteiger partial charge in [0.25, 0.3) is 0 Å². The minimum absolute atomic E-state index is 0.0619. The van der Waals surface area contributed by atoms with Gasteiger partial charge >= 0.3 is 0 Å². The quantitative estimate of drug-likeness (QED) is 0.568. The van der Waals surface area contributed by atoms with Gasteiger partial charge in [0.05, 0.1) is 6.10 Å². The van der Waals surface area contributed by atoms with Gasteiger partial charge in [-0.25, -0.2) is 0 Å². The van der Waals surface area contributed by atoms with Crippen LogP contribution in [0.25, 0.3) is 0 Å². The summed E-state index contributed by atoms with van der Waals surface area (Å²) >= 11 is 0. The van der Waals surface area contributed by atoms with E-state index in [9.17, 15) is 4.79 Å². The third-order valence-corrected chi connectivity index (χ3v) is 1.50. The molecule has 0 aromatic rings. The summed E-state index contributed by atoms with van der Waals surface area (Å²) in [6.45, 7) is 5.81. The second-order valence-electron chi connectivity index (χ2n) is 4.15. The maximum absolute atomic E-state index is 11.2. The molecule has 0 fully saturated rings.